The lowest BCUT2D eigenvalue weighted by atomic mass is 9.90. The lowest BCUT2D eigenvalue weighted by Crippen LogP contribution is -2.43. The first kappa shape index (κ1) is 22.2. The SMILES string of the molecule is NC1CCC(N(Cc2ccc(NC(=O)c3cccs3)cc2)C(=O)c2cccc(F)c2)CC1. The molecule has 2 aromatic carbocycles. The molecule has 1 aromatic heterocycles. The maximum Gasteiger partial charge on any atom is 0.265 e. The van der Waals surface area contributed by atoms with Crippen molar-refractivity contribution >= 4 is 28.8 Å². The van der Waals surface area contributed by atoms with Crippen molar-refractivity contribution in [2.75, 3.05) is 5.32 Å². The molecule has 1 saturated carbocycles. The molecule has 7 heteroatoms. The molecule has 1 aliphatic carbocycles. The van der Waals surface area contributed by atoms with Crippen LogP contribution in [-0.2, 0) is 6.54 Å². The van der Waals surface area contributed by atoms with Crippen molar-refractivity contribution in [3.05, 3.63) is 87.9 Å². The third kappa shape index (κ3) is 5.41. The summed E-state index contributed by atoms with van der Waals surface area (Å²) in [5.41, 5.74) is 8.05. The summed E-state index contributed by atoms with van der Waals surface area (Å²) in [5, 5.41) is 4.74. The topological polar surface area (TPSA) is 75.4 Å². The number of amides is 2. The smallest absolute Gasteiger partial charge is 0.265 e. The zero-order valence-electron chi connectivity index (χ0n) is 17.7. The summed E-state index contributed by atoms with van der Waals surface area (Å²) in [6.45, 7) is 0.411. The minimum atomic E-state index is -0.424. The van der Waals surface area contributed by atoms with E-state index < -0.39 is 5.82 Å². The number of rotatable bonds is 6. The van der Waals surface area contributed by atoms with Gasteiger partial charge in [-0.1, -0.05) is 24.3 Å². The fourth-order valence-electron chi connectivity index (χ4n) is 4.06. The number of thiophene rings is 1. The lowest BCUT2D eigenvalue weighted by Gasteiger charge is -2.36. The van der Waals surface area contributed by atoms with Crippen LogP contribution in [0, 0.1) is 5.82 Å². The van der Waals surface area contributed by atoms with Crippen molar-refractivity contribution in [3.63, 3.8) is 0 Å². The van der Waals surface area contributed by atoms with Gasteiger partial charge in [0.15, 0.2) is 0 Å². The van der Waals surface area contributed by atoms with Crippen LogP contribution in [0.2, 0.25) is 0 Å². The molecule has 32 heavy (non-hydrogen) atoms. The Morgan fingerprint density at radius 3 is 2.44 bits per heavy atom. The Balaban J connectivity index is 1.50. The summed E-state index contributed by atoms with van der Waals surface area (Å²) in [5.74, 6) is -0.749. The molecule has 0 radical (unpaired) electrons. The number of hydrogen-bond donors (Lipinski definition) is 2. The van der Waals surface area contributed by atoms with Crippen LogP contribution in [0.3, 0.4) is 0 Å². The highest BCUT2D eigenvalue weighted by Crippen LogP contribution is 2.26. The molecule has 3 N–H and O–H groups in total. The Hall–Kier alpha value is -3.03. The van der Waals surface area contributed by atoms with Gasteiger partial charge in [0, 0.05) is 29.9 Å². The van der Waals surface area contributed by atoms with E-state index in [1.807, 2.05) is 40.6 Å². The first-order chi connectivity index (χ1) is 15.5. The van der Waals surface area contributed by atoms with Crippen molar-refractivity contribution < 1.29 is 14.0 Å². The third-order valence-corrected chi connectivity index (χ3v) is 6.69. The second-order valence-electron chi connectivity index (χ2n) is 8.14. The highest BCUT2D eigenvalue weighted by Gasteiger charge is 2.28. The maximum absolute atomic E-state index is 13.7. The van der Waals surface area contributed by atoms with Crippen molar-refractivity contribution in [2.24, 2.45) is 5.73 Å². The van der Waals surface area contributed by atoms with E-state index in [0.717, 1.165) is 31.2 Å². The summed E-state index contributed by atoms with van der Waals surface area (Å²) in [6.07, 6.45) is 3.39. The second kappa shape index (κ2) is 10.1. The van der Waals surface area contributed by atoms with Gasteiger partial charge in [-0.25, -0.2) is 4.39 Å². The fourth-order valence-corrected chi connectivity index (χ4v) is 4.68. The highest BCUT2D eigenvalue weighted by molar-refractivity contribution is 7.12. The number of nitrogens with zero attached hydrogens (tertiary/aromatic N) is 1. The number of hydrogen-bond acceptors (Lipinski definition) is 4. The number of halogens is 1. The zero-order valence-corrected chi connectivity index (χ0v) is 18.5. The van der Waals surface area contributed by atoms with Gasteiger partial charge in [0.2, 0.25) is 0 Å². The monoisotopic (exact) mass is 451 g/mol. The van der Waals surface area contributed by atoms with E-state index in [4.69, 9.17) is 5.73 Å². The van der Waals surface area contributed by atoms with E-state index >= 15 is 0 Å². The number of carbonyl (C=O) groups excluding carboxylic acids is 2. The van der Waals surface area contributed by atoms with E-state index in [1.54, 1.807) is 18.2 Å². The predicted octanol–water partition coefficient (Wildman–Crippen LogP) is 5.05. The van der Waals surface area contributed by atoms with Crippen LogP contribution in [0.15, 0.2) is 66.0 Å². The molecule has 0 saturated heterocycles. The molecule has 1 fully saturated rings. The van der Waals surface area contributed by atoms with Crippen LogP contribution >= 0.6 is 11.3 Å². The summed E-state index contributed by atoms with van der Waals surface area (Å²) < 4.78 is 13.7. The van der Waals surface area contributed by atoms with Gasteiger partial charge in [-0.3, -0.25) is 9.59 Å². The van der Waals surface area contributed by atoms with Gasteiger partial charge in [-0.15, -0.1) is 11.3 Å². The molecule has 1 heterocycles. The standard InChI is InChI=1S/C25H26FN3O2S/c26-19-4-1-3-18(15-19)25(31)29(22-12-8-20(27)9-13-22)16-17-6-10-21(11-7-17)28-24(30)23-5-2-14-32-23/h1-7,10-11,14-15,20,22H,8-9,12-13,16,27H2,(H,28,30). The molecule has 4 rings (SSSR count). The minimum absolute atomic E-state index is 0.0591. The Kier molecular flexibility index (Phi) is 6.97. The van der Waals surface area contributed by atoms with E-state index in [2.05, 4.69) is 5.32 Å². The normalized spacial score (nSPS) is 18.2. The molecule has 0 atom stereocenters. The molecule has 166 valence electrons. The number of anilines is 1. The molecule has 3 aromatic rings. The Morgan fingerprint density at radius 2 is 1.78 bits per heavy atom. The quantitative estimate of drug-likeness (QED) is 0.551. The first-order valence-electron chi connectivity index (χ1n) is 10.8. The summed E-state index contributed by atoms with van der Waals surface area (Å²) in [6, 6.07) is 17.2. The minimum Gasteiger partial charge on any atom is -0.331 e. The van der Waals surface area contributed by atoms with Crippen LogP contribution in [0.1, 0.15) is 51.3 Å². The van der Waals surface area contributed by atoms with Crippen molar-refractivity contribution in [2.45, 2.75) is 44.3 Å². The van der Waals surface area contributed by atoms with Crippen LogP contribution in [0.25, 0.3) is 0 Å². The average molecular weight is 452 g/mol. The highest BCUT2D eigenvalue weighted by atomic mass is 32.1. The fraction of sp³-hybridized carbons (Fsp3) is 0.280. The van der Waals surface area contributed by atoms with Crippen LogP contribution in [0.4, 0.5) is 10.1 Å². The molecular formula is C25H26FN3O2S. The van der Waals surface area contributed by atoms with Gasteiger partial charge in [0.1, 0.15) is 5.82 Å². The summed E-state index contributed by atoms with van der Waals surface area (Å²) >= 11 is 1.39. The van der Waals surface area contributed by atoms with Gasteiger partial charge >= 0.3 is 0 Å². The van der Waals surface area contributed by atoms with Gasteiger partial charge in [-0.05, 0) is 73.0 Å². The van der Waals surface area contributed by atoms with E-state index in [0.29, 0.717) is 22.7 Å². The van der Waals surface area contributed by atoms with Crippen LogP contribution in [0.5, 0.6) is 0 Å². The number of nitrogens with two attached hydrogens (primary N) is 1. The van der Waals surface area contributed by atoms with E-state index in [1.165, 1.54) is 23.5 Å². The molecule has 0 spiro atoms. The van der Waals surface area contributed by atoms with Crippen molar-refractivity contribution in [1.29, 1.82) is 0 Å². The average Bonchev–Trinajstić information content (AvgIpc) is 3.34. The number of nitrogens with one attached hydrogen (secondary N) is 1. The Labute approximate surface area is 191 Å². The van der Waals surface area contributed by atoms with Crippen molar-refractivity contribution in [1.82, 2.24) is 4.90 Å². The largest absolute Gasteiger partial charge is 0.331 e. The maximum atomic E-state index is 13.7. The molecular weight excluding hydrogens is 425 g/mol. The second-order valence-corrected chi connectivity index (χ2v) is 9.09. The Morgan fingerprint density at radius 1 is 1.03 bits per heavy atom. The number of benzene rings is 2. The van der Waals surface area contributed by atoms with Crippen molar-refractivity contribution in [3.8, 4) is 0 Å². The Bertz CT molecular complexity index is 1060. The van der Waals surface area contributed by atoms with E-state index in [-0.39, 0.29) is 23.9 Å². The summed E-state index contributed by atoms with van der Waals surface area (Å²) in [4.78, 5) is 28.0. The lowest BCUT2D eigenvalue weighted by molar-refractivity contribution is 0.0606. The third-order valence-electron chi connectivity index (χ3n) is 5.82. The number of carbonyl (C=O) groups is 2. The van der Waals surface area contributed by atoms with Gasteiger partial charge in [0.05, 0.1) is 4.88 Å². The molecule has 2 amide bonds. The zero-order chi connectivity index (χ0) is 22.5. The molecule has 1 aliphatic rings. The molecule has 5 nitrogen and oxygen atoms in total. The van der Waals surface area contributed by atoms with Gasteiger partial charge < -0.3 is 16.0 Å². The van der Waals surface area contributed by atoms with Gasteiger partial charge in [0.25, 0.3) is 11.8 Å². The first-order valence-corrected chi connectivity index (χ1v) is 11.6. The van der Waals surface area contributed by atoms with Crippen LogP contribution < -0.4 is 11.1 Å². The summed E-state index contributed by atoms with van der Waals surface area (Å²) in [7, 11) is 0. The van der Waals surface area contributed by atoms with E-state index in [9.17, 15) is 14.0 Å². The molecule has 0 aliphatic heterocycles. The molecule has 0 bridgehead atoms. The van der Waals surface area contributed by atoms with Crippen LogP contribution in [-0.4, -0.2) is 28.8 Å². The predicted molar refractivity (Wildman–Crippen MR) is 125 cm³/mol. The van der Waals surface area contributed by atoms with Gasteiger partial charge in [-0.2, -0.15) is 0 Å². The molecule has 0 unspecified atom stereocenters.